The molecule has 0 aromatic carbocycles. The third-order valence-corrected chi connectivity index (χ3v) is 2.59. The molecule has 3 rings (SSSR count). The monoisotopic (exact) mass is 245 g/mol. The van der Waals surface area contributed by atoms with Crippen LogP contribution in [0.15, 0.2) is 33.7 Å². The van der Waals surface area contributed by atoms with E-state index < -0.39 is 0 Å². The molecule has 0 radical (unpaired) electrons. The minimum absolute atomic E-state index is 0.285. The van der Waals surface area contributed by atoms with Crippen LogP contribution in [-0.4, -0.2) is 19.6 Å². The highest BCUT2D eigenvalue weighted by Gasteiger charge is 2.06. The summed E-state index contributed by atoms with van der Waals surface area (Å²) in [5.41, 5.74) is 0.252. The fourth-order valence-electron chi connectivity index (χ4n) is 1.78. The Labute approximate surface area is 101 Å². The van der Waals surface area contributed by atoms with Gasteiger partial charge in [-0.25, -0.2) is 19.3 Å². The third kappa shape index (κ3) is 1.75. The third-order valence-electron chi connectivity index (χ3n) is 2.59. The van der Waals surface area contributed by atoms with Gasteiger partial charge in [-0.1, -0.05) is 0 Å². The van der Waals surface area contributed by atoms with Crippen molar-refractivity contribution < 1.29 is 4.42 Å². The van der Waals surface area contributed by atoms with E-state index in [1.165, 1.54) is 4.40 Å². The van der Waals surface area contributed by atoms with Gasteiger partial charge in [-0.15, -0.1) is 0 Å². The second-order valence-corrected chi connectivity index (χ2v) is 3.84. The van der Waals surface area contributed by atoms with Gasteiger partial charge in [-0.05, 0) is 19.1 Å². The van der Waals surface area contributed by atoms with E-state index in [-0.39, 0.29) is 5.69 Å². The molecule has 92 valence electrons. The second-order valence-electron chi connectivity index (χ2n) is 3.84. The number of furan rings is 1. The first-order chi connectivity index (χ1) is 8.74. The lowest BCUT2D eigenvalue weighted by Gasteiger charge is -2.05. The highest BCUT2D eigenvalue weighted by atomic mass is 16.3. The molecule has 0 aliphatic rings. The summed E-state index contributed by atoms with van der Waals surface area (Å²) in [4.78, 5) is 15.7. The summed E-state index contributed by atoms with van der Waals surface area (Å²) in [5.74, 6) is 2.04. The first-order valence-corrected chi connectivity index (χ1v) is 5.45. The molecule has 0 spiro atoms. The summed E-state index contributed by atoms with van der Waals surface area (Å²) in [6.07, 6.45) is 1.62. The predicted octanol–water partition coefficient (Wildman–Crippen LogP) is 0.931. The fraction of sp³-hybridized carbons (Fsp3) is 0.182. The summed E-state index contributed by atoms with van der Waals surface area (Å²) >= 11 is 0. The van der Waals surface area contributed by atoms with Crippen LogP contribution in [0.3, 0.4) is 0 Å². The number of aromatic amines is 1. The number of H-pyrrole nitrogens is 1. The average Bonchev–Trinajstić information content (AvgIpc) is 2.97. The van der Waals surface area contributed by atoms with Crippen LogP contribution in [0, 0.1) is 6.92 Å². The molecule has 0 saturated carbocycles. The van der Waals surface area contributed by atoms with Crippen molar-refractivity contribution in [2.45, 2.75) is 13.5 Å². The Kier molecular flexibility index (Phi) is 2.36. The zero-order chi connectivity index (χ0) is 12.5. The molecule has 0 unspecified atom stereocenters. The van der Waals surface area contributed by atoms with E-state index in [1.54, 1.807) is 19.3 Å². The summed E-state index contributed by atoms with van der Waals surface area (Å²) in [6, 6.07) is 5.40. The SMILES string of the molecule is Cc1nc(NCc2ccco2)cc2n[nH]c(=O)n12. The lowest BCUT2D eigenvalue weighted by Crippen LogP contribution is -2.14. The molecule has 0 atom stereocenters. The van der Waals surface area contributed by atoms with Gasteiger partial charge in [0.25, 0.3) is 0 Å². The van der Waals surface area contributed by atoms with Gasteiger partial charge in [0, 0.05) is 6.07 Å². The smallest absolute Gasteiger partial charge is 0.349 e. The van der Waals surface area contributed by atoms with E-state index in [0.29, 0.717) is 23.8 Å². The molecule has 0 bridgehead atoms. The predicted molar refractivity (Wildman–Crippen MR) is 64.4 cm³/mol. The van der Waals surface area contributed by atoms with Gasteiger partial charge < -0.3 is 9.73 Å². The largest absolute Gasteiger partial charge is 0.467 e. The zero-order valence-corrected chi connectivity index (χ0v) is 9.67. The van der Waals surface area contributed by atoms with Gasteiger partial charge in [0.05, 0.1) is 12.8 Å². The minimum Gasteiger partial charge on any atom is -0.467 e. The van der Waals surface area contributed by atoms with Crippen molar-refractivity contribution in [3.05, 3.63) is 46.5 Å². The fourth-order valence-corrected chi connectivity index (χ4v) is 1.78. The van der Waals surface area contributed by atoms with Crippen molar-refractivity contribution in [3.63, 3.8) is 0 Å². The number of anilines is 1. The van der Waals surface area contributed by atoms with Crippen LogP contribution in [0.5, 0.6) is 0 Å². The Hall–Kier alpha value is -2.57. The Morgan fingerprint density at radius 1 is 1.56 bits per heavy atom. The average molecular weight is 245 g/mol. The number of hydrogen-bond acceptors (Lipinski definition) is 5. The molecule has 0 fully saturated rings. The molecule has 7 heteroatoms. The highest BCUT2D eigenvalue weighted by Crippen LogP contribution is 2.10. The van der Waals surface area contributed by atoms with Crippen molar-refractivity contribution in [1.29, 1.82) is 0 Å². The van der Waals surface area contributed by atoms with Crippen LogP contribution in [0.25, 0.3) is 5.65 Å². The Balaban J connectivity index is 1.91. The van der Waals surface area contributed by atoms with Gasteiger partial charge in [0.15, 0.2) is 5.65 Å². The summed E-state index contributed by atoms with van der Waals surface area (Å²) in [6.45, 7) is 2.28. The summed E-state index contributed by atoms with van der Waals surface area (Å²) < 4.78 is 6.62. The van der Waals surface area contributed by atoms with Crippen LogP contribution in [0.1, 0.15) is 11.6 Å². The zero-order valence-electron chi connectivity index (χ0n) is 9.67. The van der Waals surface area contributed by atoms with E-state index in [0.717, 1.165) is 5.76 Å². The maximum atomic E-state index is 11.4. The number of fused-ring (bicyclic) bond motifs is 1. The van der Waals surface area contributed by atoms with Crippen LogP contribution in [-0.2, 0) is 6.54 Å². The van der Waals surface area contributed by atoms with Gasteiger partial charge >= 0.3 is 5.69 Å². The first kappa shape index (κ1) is 10.6. The molecule has 0 aliphatic heterocycles. The van der Waals surface area contributed by atoms with E-state index in [2.05, 4.69) is 20.5 Å². The molecular weight excluding hydrogens is 234 g/mol. The van der Waals surface area contributed by atoms with Crippen LogP contribution in [0.4, 0.5) is 5.82 Å². The van der Waals surface area contributed by atoms with Gasteiger partial charge in [0.1, 0.15) is 17.4 Å². The maximum absolute atomic E-state index is 11.4. The second kappa shape index (κ2) is 4.02. The molecule has 2 N–H and O–H groups in total. The van der Waals surface area contributed by atoms with Crippen molar-refractivity contribution in [2.24, 2.45) is 0 Å². The summed E-state index contributed by atoms with van der Waals surface area (Å²) in [7, 11) is 0. The highest BCUT2D eigenvalue weighted by molar-refractivity contribution is 5.49. The van der Waals surface area contributed by atoms with E-state index in [1.807, 2.05) is 12.1 Å². The van der Waals surface area contributed by atoms with E-state index in [4.69, 9.17) is 4.42 Å². The molecule has 0 amide bonds. The van der Waals surface area contributed by atoms with E-state index >= 15 is 0 Å². The number of hydrogen-bond donors (Lipinski definition) is 2. The van der Waals surface area contributed by atoms with Crippen LogP contribution in [0.2, 0.25) is 0 Å². The number of aryl methyl sites for hydroxylation is 1. The quantitative estimate of drug-likeness (QED) is 0.716. The molecule has 0 aliphatic carbocycles. The molecule has 0 saturated heterocycles. The van der Waals surface area contributed by atoms with E-state index in [9.17, 15) is 4.79 Å². The normalized spacial score (nSPS) is 10.9. The molecule has 18 heavy (non-hydrogen) atoms. The van der Waals surface area contributed by atoms with Gasteiger partial charge in [-0.3, -0.25) is 0 Å². The molecular formula is C11H11N5O2. The molecule has 3 aromatic heterocycles. The van der Waals surface area contributed by atoms with Gasteiger partial charge in [0.2, 0.25) is 0 Å². The van der Waals surface area contributed by atoms with Crippen molar-refractivity contribution >= 4 is 11.5 Å². The van der Waals surface area contributed by atoms with Crippen LogP contribution >= 0.6 is 0 Å². The van der Waals surface area contributed by atoms with Crippen molar-refractivity contribution in [3.8, 4) is 0 Å². The minimum atomic E-state index is -0.285. The number of nitrogens with one attached hydrogen (secondary N) is 2. The lowest BCUT2D eigenvalue weighted by atomic mass is 10.4. The molecule has 7 nitrogen and oxygen atoms in total. The number of rotatable bonds is 3. The topological polar surface area (TPSA) is 88.2 Å². The summed E-state index contributed by atoms with van der Waals surface area (Å²) in [5, 5.41) is 9.41. The standard InChI is InChI=1S/C11H11N5O2/c1-7-13-9(12-6-8-3-2-4-18-8)5-10-14-15-11(17)16(7)10/h2-5,12H,6H2,1H3,(H,15,17). The lowest BCUT2D eigenvalue weighted by molar-refractivity contribution is 0.517. The maximum Gasteiger partial charge on any atom is 0.349 e. The molecule has 3 heterocycles. The van der Waals surface area contributed by atoms with Crippen molar-refractivity contribution in [1.82, 2.24) is 19.6 Å². The Morgan fingerprint density at radius 3 is 3.22 bits per heavy atom. The van der Waals surface area contributed by atoms with Gasteiger partial charge in [-0.2, -0.15) is 5.10 Å². The Morgan fingerprint density at radius 2 is 2.44 bits per heavy atom. The van der Waals surface area contributed by atoms with Crippen molar-refractivity contribution in [2.75, 3.05) is 5.32 Å². The molecule has 3 aromatic rings. The van der Waals surface area contributed by atoms with Crippen LogP contribution < -0.4 is 11.0 Å². The number of nitrogens with zero attached hydrogens (tertiary/aromatic N) is 3. The Bertz CT molecular complexity index is 726. The number of aromatic nitrogens is 4. The first-order valence-electron chi connectivity index (χ1n) is 5.45.